The third kappa shape index (κ3) is 9.17. The predicted octanol–water partition coefficient (Wildman–Crippen LogP) is 3.78. The van der Waals surface area contributed by atoms with Crippen LogP contribution in [0.2, 0.25) is 0 Å². The fourth-order valence-electron chi connectivity index (χ4n) is 3.81. The van der Waals surface area contributed by atoms with Gasteiger partial charge in [-0.1, -0.05) is 24.3 Å². The molecule has 0 saturated carbocycles. The van der Waals surface area contributed by atoms with Crippen LogP contribution in [0.5, 0.6) is 5.75 Å². The van der Waals surface area contributed by atoms with Crippen molar-refractivity contribution in [2.75, 3.05) is 19.0 Å². The van der Waals surface area contributed by atoms with Gasteiger partial charge in [0.1, 0.15) is 23.4 Å². The number of nitrogens with two attached hydrogens (primary N) is 1. The van der Waals surface area contributed by atoms with Crippen molar-refractivity contribution < 1.29 is 28.7 Å². The SMILES string of the molecule is C=CCN(C(=O)C(CC(N)=O)NC(=O)OC(C)(C)C)C(C(=O)Nc1ccc(OC)cc1)c1ccc(C)c(C)c1. The van der Waals surface area contributed by atoms with Crippen LogP contribution in [0.25, 0.3) is 0 Å². The van der Waals surface area contributed by atoms with E-state index < -0.39 is 47.9 Å². The Morgan fingerprint density at radius 1 is 1.05 bits per heavy atom. The molecule has 2 rings (SSSR count). The minimum absolute atomic E-state index is 0.0578. The monoisotopic (exact) mass is 538 g/mol. The maximum absolute atomic E-state index is 13.9. The van der Waals surface area contributed by atoms with Gasteiger partial charge in [0.05, 0.1) is 13.5 Å². The third-order valence-electron chi connectivity index (χ3n) is 5.77. The fraction of sp³-hybridized carbons (Fsp3) is 0.379. The van der Waals surface area contributed by atoms with Gasteiger partial charge in [0.2, 0.25) is 11.8 Å². The summed E-state index contributed by atoms with van der Waals surface area (Å²) in [5.41, 5.74) is 7.51. The van der Waals surface area contributed by atoms with Gasteiger partial charge in [0, 0.05) is 12.2 Å². The summed E-state index contributed by atoms with van der Waals surface area (Å²) in [6.45, 7) is 12.5. The second-order valence-corrected chi connectivity index (χ2v) is 10.1. The van der Waals surface area contributed by atoms with Crippen LogP contribution in [0.3, 0.4) is 0 Å². The van der Waals surface area contributed by atoms with E-state index in [0.29, 0.717) is 17.0 Å². The molecule has 0 aliphatic heterocycles. The number of benzene rings is 2. The first-order valence-corrected chi connectivity index (χ1v) is 12.5. The molecule has 0 aromatic heterocycles. The second-order valence-electron chi connectivity index (χ2n) is 10.1. The molecular weight excluding hydrogens is 500 g/mol. The average molecular weight is 539 g/mol. The van der Waals surface area contributed by atoms with Crippen LogP contribution in [0.4, 0.5) is 10.5 Å². The number of anilines is 1. The highest BCUT2D eigenvalue weighted by molar-refractivity contribution is 5.99. The van der Waals surface area contributed by atoms with Gasteiger partial charge in [0.15, 0.2) is 0 Å². The molecule has 0 aliphatic carbocycles. The Kier molecular flexibility index (Phi) is 10.7. The summed E-state index contributed by atoms with van der Waals surface area (Å²) >= 11 is 0. The van der Waals surface area contributed by atoms with Crippen LogP contribution in [-0.4, -0.2) is 54.0 Å². The number of methoxy groups -OCH3 is 1. The number of hydrogen-bond donors (Lipinski definition) is 3. The van der Waals surface area contributed by atoms with Crippen LogP contribution in [0.15, 0.2) is 55.1 Å². The van der Waals surface area contributed by atoms with Crippen molar-refractivity contribution in [3.8, 4) is 5.75 Å². The molecule has 0 saturated heterocycles. The number of carbonyl (C=O) groups is 4. The molecule has 4 amide bonds. The molecule has 2 unspecified atom stereocenters. The lowest BCUT2D eigenvalue weighted by Gasteiger charge is -2.33. The summed E-state index contributed by atoms with van der Waals surface area (Å²) in [5.74, 6) is -1.40. The quantitative estimate of drug-likeness (QED) is 0.372. The van der Waals surface area contributed by atoms with Gasteiger partial charge in [-0.15, -0.1) is 6.58 Å². The van der Waals surface area contributed by atoms with E-state index in [1.165, 1.54) is 18.1 Å². The number of hydrogen-bond acceptors (Lipinski definition) is 6. The number of carbonyl (C=O) groups excluding carboxylic acids is 4. The zero-order chi connectivity index (χ0) is 29.3. The topological polar surface area (TPSA) is 140 Å². The summed E-state index contributed by atoms with van der Waals surface area (Å²) < 4.78 is 10.5. The molecule has 2 aromatic carbocycles. The zero-order valence-corrected chi connectivity index (χ0v) is 23.4. The van der Waals surface area contributed by atoms with E-state index in [0.717, 1.165) is 11.1 Å². The summed E-state index contributed by atoms with van der Waals surface area (Å²) in [6, 6.07) is 9.67. The minimum atomic E-state index is -1.37. The van der Waals surface area contributed by atoms with Gasteiger partial charge in [-0.05, 0) is 75.6 Å². The van der Waals surface area contributed by atoms with E-state index >= 15 is 0 Å². The van der Waals surface area contributed by atoms with E-state index in [4.69, 9.17) is 15.2 Å². The number of rotatable bonds is 11. The van der Waals surface area contributed by atoms with Gasteiger partial charge >= 0.3 is 6.09 Å². The first-order chi connectivity index (χ1) is 18.2. The van der Waals surface area contributed by atoms with Crippen molar-refractivity contribution in [3.63, 3.8) is 0 Å². The lowest BCUT2D eigenvalue weighted by Crippen LogP contribution is -2.53. The molecule has 2 atom stereocenters. The third-order valence-corrected chi connectivity index (χ3v) is 5.77. The highest BCUT2D eigenvalue weighted by atomic mass is 16.6. The molecule has 0 spiro atoms. The Morgan fingerprint density at radius 3 is 2.21 bits per heavy atom. The maximum Gasteiger partial charge on any atom is 0.408 e. The van der Waals surface area contributed by atoms with Crippen LogP contribution >= 0.6 is 0 Å². The summed E-state index contributed by atoms with van der Waals surface area (Å²) in [7, 11) is 1.54. The van der Waals surface area contributed by atoms with Crippen molar-refractivity contribution in [2.45, 2.75) is 58.7 Å². The molecule has 0 bridgehead atoms. The lowest BCUT2D eigenvalue weighted by molar-refractivity contribution is -0.141. The predicted molar refractivity (Wildman–Crippen MR) is 149 cm³/mol. The van der Waals surface area contributed by atoms with Crippen molar-refractivity contribution in [3.05, 3.63) is 71.8 Å². The number of nitrogens with one attached hydrogen (secondary N) is 2. The fourth-order valence-corrected chi connectivity index (χ4v) is 3.81. The first kappa shape index (κ1) is 30.9. The first-order valence-electron chi connectivity index (χ1n) is 12.5. The second kappa shape index (κ2) is 13.5. The molecule has 2 aromatic rings. The van der Waals surface area contributed by atoms with E-state index in [1.54, 1.807) is 51.1 Å². The maximum atomic E-state index is 13.9. The number of ether oxygens (including phenoxy) is 2. The Balaban J connectivity index is 2.53. The van der Waals surface area contributed by atoms with Gasteiger partial charge in [-0.3, -0.25) is 14.4 Å². The molecule has 39 heavy (non-hydrogen) atoms. The molecule has 10 nitrogen and oxygen atoms in total. The Morgan fingerprint density at radius 2 is 1.69 bits per heavy atom. The summed E-state index contributed by atoms with van der Waals surface area (Å²) in [5, 5.41) is 5.28. The number of nitrogens with zero attached hydrogens (tertiary/aromatic N) is 1. The summed E-state index contributed by atoms with van der Waals surface area (Å²) in [6.07, 6.45) is 0.0680. The number of alkyl carbamates (subject to hydrolysis) is 1. The smallest absolute Gasteiger partial charge is 0.408 e. The number of primary amides is 1. The Labute approximate surface area is 229 Å². The summed E-state index contributed by atoms with van der Waals surface area (Å²) in [4.78, 5) is 53.3. The van der Waals surface area contributed by atoms with Crippen LogP contribution in [-0.2, 0) is 19.1 Å². The van der Waals surface area contributed by atoms with Crippen molar-refractivity contribution >= 4 is 29.5 Å². The Bertz CT molecular complexity index is 1200. The molecule has 0 heterocycles. The minimum Gasteiger partial charge on any atom is -0.497 e. The van der Waals surface area contributed by atoms with E-state index in [9.17, 15) is 19.2 Å². The highest BCUT2D eigenvalue weighted by Crippen LogP contribution is 2.27. The number of aryl methyl sites for hydroxylation is 2. The highest BCUT2D eigenvalue weighted by Gasteiger charge is 2.36. The van der Waals surface area contributed by atoms with Gasteiger partial charge in [-0.25, -0.2) is 4.79 Å². The van der Waals surface area contributed by atoms with E-state index in [-0.39, 0.29) is 6.54 Å². The van der Waals surface area contributed by atoms with Crippen LogP contribution in [0.1, 0.15) is 49.9 Å². The van der Waals surface area contributed by atoms with Crippen molar-refractivity contribution in [1.82, 2.24) is 10.2 Å². The molecule has 10 heteroatoms. The van der Waals surface area contributed by atoms with E-state index in [1.807, 2.05) is 26.0 Å². The van der Waals surface area contributed by atoms with Gasteiger partial charge < -0.3 is 30.7 Å². The van der Waals surface area contributed by atoms with Crippen LogP contribution < -0.4 is 21.1 Å². The molecule has 0 fully saturated rings. The molecule has 0 radical (unpaired) electrons. The number of amides is 4. The van der Waals surface area contributed by atoms with E-state index in [2.05, 4.69) is 17.2 Å². The van der Waals surface area contributed by atoms with Crippen LogP contribution in [0, 0.1) is 13.8 Å². The Hall–Kier alpha value is -4.34. The zero-order valence-electron chi connectivity index (χ0n) is 23.4. The largest absolute Gasteiger partial charge is 0.497 e. The van der Waals surface area contributed by atoms with Crippen molar-refractivity contribution in [2.24, 2.45) is 5.73 Å². The standard InChI is InChI=1S/C29H38N4O6/c1-8-15-33(27(36)23(17-24(30)34)32-28(37)39-29(4,5)6)25(20-10-9-18(2)19(3)16-20)26(35)31-21-11-13-22(38-7)14-12-21/h8-14,16,23,25H,1,15,17H2,2-7H3,(H2,30,34)(H,31,35)(H,32,37). The van der Waals surface area contributed by atoms with Gasteiger partial charge in [-0.2, -0.15) is 0 Å². The normalized spacial score (nSPS) is 12.5. The molecule has 0 aliphatic rings. The molecule has 4 N–H and O–H groups in total. The van der Waals surface area contributed by atoms with Crippen molar-refractivity contribution in [1.29, 1.82) is 0 Å². The lowest BCUT2D eigenvalue weighted by atomic mass is 9.98. The molecule has 210 valence electrons. The molecular formula is C29H38N4O6. The van der Waals surface area contributed by atoms with Gasteiger partial charge in [0.25, 0.3) is 5.91 Å². The average Bonchev–Trinajstić information content (AvgIpc) is 2.84.